The van der Waals surface area contributed by atoms with Gasteiger partial charge in [0, 0.05) is 17.2 Å². The molecule has 0 fully saturated rings. The Morgan fingerprint density at radius 3 is 2.48 bits per heavy atom. The fourth-order valence-electron chi connectivity index (χ4n) is 1.84. The number of rotatable bonds is 4. The summed E-state index contributed by atoms with van der Waals surface area (Å²) in [6.07, 6.45) is 0.711. The monoisotopic (exact) mass is 341 g/mol. The van der Waals surface area contributed by atoms with Crippen molar-refractivity contribution in [2.24, 2.45) is 0 Å². The van der Waals surface area contributed by atoms with Crippen LogP contribution in [0.5, 0.6) is 0 Å². The molecule has 0 saturated heterocycles. The molecule has 1 aromatic heterocycles. The molecule has 1 heterocycles. The maximum absolute atomic E-state index is 12.1. The number of Topliss-reactive ketones (excluding diaryl/α,β-unsaturated/α-hetero) is 1. The fourth-order valence-corrected chi connectivity index (χ4v) is 3.21. The van der Waals surface area contributed by atoms with Gasteiger partial charge in [-0.05, 0) is 17.7 Å². The first-order valence-corrected chi connectivity index (χ1v) is 8.30. The molecule has 0 amide bonds. The highest BCUT2D eigenvalue weighted by molar-refractivity contribution is 7.09. The van der Waals surface area contributed by atoms with Crippen molar-refractivity contribution in [3.8, 4) is 0 Å². The van der Waals surface area contributed by atoms with Gasteiger partial charge < -0.3 is 0 Å². The second-order valence-electron chi connectivity index (χ2n) is 6.02. The van der Waals surface area contributed by atoms with E-state index in [9.17, 15) is 4.79 Å². The third-order valence-electron chi connectivity index (χ3n) is 3.05. The summed E-state index contributed by atoms with van der Waals surface area (Å²) >= 11 is 13.4. The minimum atomic E-state index is 0.0154. The molecule has 5 heteroatoms. The second kappa shape index (κ2) is 6.47. The van der Waals surface area contributed by atoms with Crippen molar-refractivity contribution in [2.75, 3.05) is 0 Å². The molecule has 0 radical (unpaired) electrons. The first-order valence-electron chi connectivity index (χ1n) is 6.66. The van der Waals surface area contributed by atoms with Crippen molar-refractivity contribution in [3.05, 3.63) is 49.9 Å². The largest absolute Gasteiger partial charge is 0.299 e. The first-order chi connectivity index (χ1) is 9.75. The molecule has 2 aromatic rings. The van der Waals surface area contributed by atoms with Crippen LogP contribution in [-0.2, 0) is 23.1 Å². The predicted molar refractivity (Wildman–Crippen MR) is 89.7 cm³/mol. The number of carbonyl (C=O) groups is 1. The summed E-state index contributed by atoms with van der Waals surface area (Å²) in [5.74, 6) is 0.128. The van der Waals surface area contributed by atoms with E-state index in [0.29, 0.717) is 22.9 Å². The molecule has 0 unspecified atom stereocenters. The molecule has 0 bridgehead atoms. The smallest absolute Gasteiger partial charge is 0.144 e. The Morgan fingerprint density at radius 2 is 1.90 bits per heavy atom. The third kappa shape index (κ3) is 4.53. The summed E-state index contributed by atoms with van der Waals surface area (Å²) in [7, 11) is 0. The zero-order chi connectivity index (χ0) is 15.6. The number of halogens is 2. The molecule has 0 spiro atoms. The van der Waals surface area contributed by atoms with Gasteiger partial charge in [-0.25, -0.2) is 4.98 Å². The maximum atomic E-state index is 12.1. The minimum Gasteiger partial charge on any atom is -0.299 e. The zero-order valence-corrected chi connectivity index (χ0v) is 14.6. The van der Waals surface area contributed by atoms with E-state index in [4.69, 9.17) is 23.2 Å². The third-order valence-corrected chi connectivity index (χ3v) is 4.64. The molecule has 0 aliphatic heterocycles. The zero-order valence-electron chi connectivity index (χ0n) is 12.2. The Balaban J connectivity index is 2.01. The molecule has 2 rings (SSSR count). The van der Waals surface area contributed by atoms with E-state index in [0.717, 1.165) is 16.3 Å². The summed E-state index contributed by atoms with van der Waals surface area (Å²) in [6, 6.07) is 5.28. The Labute approximate surface area is 139 Å². The molecule has 112 valence electrons. The number of benzene rings is 1. The lowest BCUT2D eigenvalue weighted by molar-refractivity contribution is -0.117. The van der Waals surface area contributed by atoms with Crippen LogP contribution in [0.4, 0.5) is 0 Å². The molecule has 0 saturated carbocycles. The number of hydrogen-bond acceptors (Lipinski definition) is 3. The Bertz CT molecular complexity index is 659. The number of nitrogens with zero attached hydrogens (tertiary/aromatic N) is 1. The van der Waals surface area contributed by atoms with Gasteiger partial charge in [0.2, 0.25) is 0 Å². The lowest BCUT2D eigenvalue weighted by Gasteiger charge is -2.14. The van der Waals surface area contributed by atoms with Crippen LogP contribution in [0.3, 0.4) is 0 Å². The molecular weight excluding hydrogens is 325 g/mol. The topological polar surface area (TPSA) is 30.0 Å². The second-order valence-corrected chi connectivity index (χ2v) is 7.77. The highest BCUT2D eigenvalue weighted by atomic mass is 35.5. The van der Waals surface area contributed by atoms with E-state index in [-0.39, 0.29) is 11.2 Å². The fraction of sp³-hybridized carbons (Fsp3) is 0.375. The quantitative estimate of drug-likeness (QED) is 0.774. The van der Waals surface area contributed by atoms with Gasteiger partial charge in [-0.15, -0.1) is 11.3 Å². The van der Waals surface area contributed by atoms with E-state index in [1.165, 1.54) is 0 Å². The van der Waals surface area contributed by atoms with E-state index in [1.807, 2.05) is 11.4 Å². The van der Waals surface area contributed by atoms with Crippen LogP contribution >= 0.6 is 34.5 Å². The summed E-state index contributed by atoms with van der Waals surface area (Å²) in [4.78, 5) is 16.7. The average molecular weight is 342 g/mol. The van der Waals surface area contributed by atoms with E-state index in [1.54, 1.807) is 23.5 Å². The molecule has 0 N–H and O–H groups in total. The summed E-state index contributed by atoms with van der Waals surface area (Å²) in [5, 5.41) is 3.88. The molecule has 2 nitrogen and oxygen atoms in total. The van der Waals surface area contributed by atoms with Gasteiger partial charge in [0.05, 0.1) is 22.2 Å². The average Bonchev–Trinajstić information content (AvgIpc) is 2.82. The SMILES string of the molecule is CC(C)(C)c1csc(CC(=O)Cc2ccc(Cl)c(Cl)c2)n1. The number of aromatic nitrogens is 1. The van der Waals surface area contributed by atoms with Gasteiger partial charge in [0.15, 0.2) is 0 Å². The highest BCUT2D eigenvalue weighted by Gasteiger charge is 2.18. The number of thiazole rings is 1. The van der Waals surface area contributed by atoms with E-state index in [2.05, 4.69) is 25.8 Å². The molecule has 1 aromatic carbocycles. The van der Waals surface area contributed by atoms with Crippen LogP contribution in [0.25, 0.3) is 0 Å². The standard InChI is InChI=1S/C16H17Cl2NOS/c1-16(2,3)14-9-21-15(19-14)8-11(20)6-10-4-5-12(17)13(18)7-10/h4-5,7,9H,6,8H2,1-3H3. The lowest BCUT2D eigenvalue weighted by Crippen LogP contribution is -2.12. The Morgan fingerprint density at radius 1 is 1.19 bits per heavy atom. The van der Waals surface area contributed by atoms with Crippen LogP contribution in [0.15, 0.2) is 23.6 Å². The molecule has 0 aliphatic rings. The van der Waals surface area contributed by atoms with Gasteiger partial charge in [-0.2, -0.15) is 0 Å². The van der Waals surface area contributed by atoms with E-state index >= 15 is 0 Å². The number of carbonyl (C=O) groups excluding carboxylic acids is 1. The summed E-state index contributed by atoms with van der Waals surface area (Å²) < 4.78 is 0. The summed E-state index contributed by atoms with van der Waals surface area (Å²) in [5.41, 5.74) is 1.92. The van der Waals surface area contributed by atoms with Gasteiger partial charge in [0.25, 0.3) is 0 Å². The molecule has 21 heavy (non-hydrogen) atoms. The number of ketones is 1. The van der Waals surface area contributed by atoms with Gasteiger partial charge in [-0.1, -0.05) is 50.0 Å². The molecule has 0 aliphatic carbocycles. The highest BCUT2D eigenvalue weighted by Crippen LogP contribution is 2.25. The van der Waals surface area contributed by atoms with Crippen molar-refractivity contribution in [1.82, 2.24) is 4.98 Å². The van der Waals surface area contributed by atoms with Crippen LogP contribution in [0.2, 0.25) is 10.0 Å². The van der Waals surface area contributed by atoms with Crippen molar-refractivity contribution in [2.45, 2.75) is 39.0 Å². The van der Waals surface area contributed by atoms with Crippen LogP contribution < -0.4 is 0 Å². The van der Waals surface area contributed by atoms with Crippen LogP contribution in [-0.4, -0.2) is 10.8 Å². The molecule has 0 atom stereocenters. The summed E-state index contributed by atoms with van der Waals surface area (Å²) in [6.45, 7) is 6.34. The lowest BCUT2D eigenvalue weighted by atomic mass is 9.93. The predicted octanol–water partition coefficient (Wildman–Crippen LogP) is 5.10. The van der Waals surface area contributed by atoms with Crippen molar-refractivity contribution < 1.29 is 4.79 Å². The Hall–Kier alpha value is -0.900. The van der Waals surface area contributed by atoms with Gasteiger partial charge in [-0.3, -0.25) is 4.79 Å². The Kier molecular flexibility index (Phi) is 5.07. The maximum Gasteiger partial charge on any atom is 0.144 e. The number of hydrogen-bond donors (Lipinski definition) is 0. The van der Waals surface area contributed by atoms with Crippen LogP contribution in [0, 0.1) is 0 Å². The van der Waals surface area contributed by atoms with Gasteiger partial charge in [0.1, 0.15) is 10.8 Å². The van der Waals surface area contributed by atoms with Crippen molar-refractivity contribution in [1.29, 1.82) is 0 Å². The normalized spacial score (nSPS) is 11.7. The van der Waals surface area contributed by atoms with Crippen LogP contribution in [0.1, 0.15) is 37.0 Å². The molecular formula is C16H17Cl2NOS. The first kappa shape index (κ1) is 16.5. The van der Waals surface area contributed by atoms with Crippen molar-refractivity contribution >= 4 is 40.3 Å². The van der Waals surface area contributed by atoms with E-state index < -0.39 is 0 Å². The minimum absolute atomic E-state index is 0.0154. The van der Waals surface area contributed by atoms with Crippen molar-refractivity contribution in [3.63, 3.8) is 0 Å². The van der Waals surface area contributed by atoms with Gasteiger partial charge >= 0.3 is 0 Å².